The fraction of sp³-hybridized carbons (Fsp3) is 1.00. The van der Waals surface area contributed by atoms with Crippen LogP contribution in [-0.2, 0) is 0 Å². The van der Waals surface area contributed by atoms with Gasteiger partial charge in [-0.1, -0.05) is 11.6 Å². The van der Waals surface area contributed by atoms with Crippen LogP contribution < -0.4 is 0 Å². The van der Waals surface area contributed by atoms with E-state index < -0.39 is 23.4 Å². The van der Waals surface area contributed by atoms with Crippen molar-refractivity contribution in [1.29, 1.82) is 0 Å². The first kappa shape index (κ1) is 13.7. The van der Waals surface area contributed by atoms with Crippen LogP contribution in [0.2, 0.25) is 0 Å². The lowest BCUT2D eigenvalue weighted by molar-refractivity contribution is -0.359. The Kier molecular flexibility index (Phi) is 3.00. The molecule has 0 aliphatic heterocycles. The van der Waals surface area contributed by atoms with E-state index in [-0.39, 0.29) is 0 Å². The summed E-state index contributed by atoms with van der Waals surface area (Å²) < 4.78 is 104. The first-order chi connectivity index (χ1) is 5.75. The lowest BCUT2D eigenvalue weighted by Gasteiger charge is -2.30. The molecule has 10 heteroatoms. The van der Waals surface area contributed by atoms with Gasteiger partial charge in [0.2, 0.25) is 0 Å². The monoisotopic (exact) mass is 254 g/mol. The lowest BCUT2D eigenvalue weighted by atomic mass is 10.2. The molecule has 0 amide bonds. The molecule has 0 saturated carbocycles. The van der Waals surface area contributed by atoms with Crippen molar-refractivity contribution in [1.82, 2.24) is 0 Å². The zero-order valence-corrected chi connectivity index (χ0v) is 6.54. The van der Waals surface area contributed by atoms with Gasteiger partial charge in [-0.3, -0.25) is 0 Å². The van der Waals surface area contributed by atoms with E-state index in [1.165, 1.54) is 0 Å². The fourth-order valence-corrected chi connectivity index (χ4v) is 0.463. The lowest BCUT2D eigenvalue weighted by Crippen LogP contribution is -2.58. The third-order valence-corrected chi connectivity index (χ3v) is 1.56. The molecule has 1 unspecified atom stereocenters. The molecule has 0 aromatic rings. The van der Waals surface area contributed by atoms with Gasteiger partial charge < -0.3 is 0 Å². The van der Waals surface area contributed by atoms with E-state index in [4.69, 9.17) is 0 Å². The summed E-state index contributed by atoms with van der Waals surface area (Å²) in [6.07, 6.45) is -13.3. The zero-order chi connectivity index (χ0) is 12.0. The van der Waals surface area contributed by atoms with E-state index in [1.54, 1.807) is 0 Å². The van der Waals surface area contributed by atoms with Gasteiger partial charge in [0.25, 0.3) is 0 Å². The van der Waals surface area contributed by atoms with Gasteiger partial charge in [-0.05, 0) is 0 Å². The summed E-state index contributed by atoms with van der Waals surface area (Å²) in [6.45, 7) is 0. The minimum absolute atomic E-state index is 3.53. The quantitative estimate of drug-likeness (QED) is 0.495. The third-order valence-electron chi connectivity index (χ3n) is 1.11. The first-order valence-corrected chi connectivity index (χ1v) is 3.02. The van der Waals surface area contributed by atoms with Gasteiger partial charge in [0.1, 0.15) is 0 Å². The van der Waals surface area contributed by atoms with E-state index in [0.29, 0.717) is 0 Å². The highest BCUT2D eigenvalue weighted by molar-refractivity contribution is 6.24. The van der Waals surface area contributed by atoms with E-state index in [2.05, 4.69) is 11.6 Å². The maximum Gasteiger partial charge on any atom is 0.458 e. The average Bonchev–Trinajstić information content (AvgIpc) is 1.81. The smallest absolute Gasteiger partial charge is 0.209 e. The number of hydrogen-bond acceptors (Lipinski definition) is 0. The predicted molar refractivity (Wildman–Crippen MR) is 26.7 cm³/mol. The van der Waals surface area contributed by atoms with E-state index in [9.17, 15) is 39.5 Å². The Labute approximate surface area is 75.6 Å². The SMILES string of the molecule is FC(F)(F)C(F)(F)C(F)(Cl)C(F)(F)F. The predicted octanol–water partition coefficient (Wildman–Crippen LogP) is 3.65. The summed E-state index contributed by atoms with van der Waals surface area (Å²) in [4.78, 5) is 0. The van der Waals surface area contributed by atoms with Crippen molar-refractivity contribution in [2.75, 3.05) is 0 Å². The molecule has 0 nitrogen and oxygen atoms in total. The van der Waals surface area contributed by atoms with Gasteiger partial charge in [0.15, 0.2) is 0 Å². The molecule has 0 N–H and O–H groups in total. The summed E-state index contributed by atoms with van der Waals surface area (Å²) in [6, 6.07) is 0. The maximum absolute atomic E-state index is 12.0. The van der Waals surface area contributed by atoms with Crippen LogP contribution in [-0.4, -0.2) is 23.4 Å². The van der Waals surface area contributed by atoms with Crippen molar-refractivity contribution in [3.8, 4) is 0 Å². The summed E-state index contributed by atoms with van der Waals surface area (Å²) in [5.74, 6) is -6.71. The molecule has 0 saturated heterocycles. The Morgan fingerprint density at radius 3 is 0.929 bits per heavy atom. The summed E-state index contributed by atoms with van der Waals surface area (Å²) in [5, 5.41) is -6.17. The van der Waals surface area contributed by atoms with E-state index >= 15 is 0 Å². The fourth-order valence-electron chi connectivity index (χ4n) is 0.356. The molecule has 14 heavy (non-hydrogen) atoms. The number of halogens is 10. The van der Waals surface area contributed by atoms with Crippen LogP contribution >= 0.6 is 11.6 Å². The molecule has 1 atom stereocenters. The maximum atomic E-state index is 12.0. The van der Waals surface area contributed by atoms with Gasteiger partial charge in [0.05, 0.1) is 0 Å². The third kappa shape index (κ3) is 1.86. The van der Waals surface area contributed by atoms with E-state index in [0.717, 1.165) is 0 Å². The second-order valence-corrected chi connectivity index (χ2v) is 2.67. The van der Waals surface area contributed by atoms with Crippen molar-refractivity contribution in [3.05, 3.63) is 0 Å². The minimum atomic E-state index is -6.72. The van der Waals surface area contributed by atoms with Gasteiger partial charge in [-0.2, -0.15) is 35.1 Å². The van der Waals surface area contributed by atoms with Crippen molar-refractivity contribution in [2.24, 2.45) is 0 Å². The average molecular weight is 254 g/mol. The molecular formula is C4ClF9. The molecular weight excluding hydrogens is 254 g/mol. The summed E-state index contributed by atoms with van der Waals surface area (Å²) >= 11 is 3.53. The molecule has 0 fully saturated rings. The second kappa shape index (κ2) is 3.07. The molecule has 0 aromatic heterocycles. The highest BCUT2D eigenvalue weighted by Gasteiger charge is 2.80. The zero-order valence-electron chi connectivity index (χ0n) is 5.78. The van der Waals surface area contributed by atoms with Gasteiger partial charge in [-0.25, -0.2) is 4.39 Å². The van der Waals surface area contributed by atoms with Crippen LogP contribution in [0.15, 0.2) is 0 Å². The van der Waals surface area contributed by atoms with Crippen molar-refractivity contribution in [2.45, 2.75) is 23.4 Å². The topological polar surface area (TPSA) is 0 Å². The normalized spacial score (nSPS) is 19.3. The Bertz CT molecular complexity index is 186. The van der Waals surface area contributed by atoms with Crippen molar-refractivity contribution >= 4 is 11.6 Å². The van der Waals surface area contributed by atoms with Crippen LogP contribution in [0, 0.1) is 0 Å². The first-order valence-electron chi connectivity index (χ1n) is 2.64. The van der Waals surface area contributed by atoms with Gasteiger partial charge in [-0.15, -0.1) is 0 Å². The second-order valence-electron chi connectivity index (χ2n) is 2.14. The largest absolute Gasteiger partial charge is 0.458 e. The molecule has 0 aliphatic carbocycles. The Morgan fingerprint density at radius 2 is 0.857 bits per heavy atom. The molecule has 0 aromatic carbocycles. The molecule has 86 valence electrons. The Balaban J connectivity index is 5.30. The van der Waals surface area contributed by atoms with Crippen LogP contribution in [0.4, 0.5) is 39.5 Å². The standard InChI is InChI=1S/C4ClF9/c5-1(6,3(9,10)11)2(7,8)4(12,13)14. The van der Waals surface area contributed by atoms with Crippen LogP contribution in [0.25, 0.3) is 0 Å². The molecule has 0 bridgehead atoms. The molecule has 0 spiro atoms. The van der Waals surface area contributed by atoms with Crippen LogP contribution in [0.5, 0.6) is 0 Å². The van der Waals surface area contributed by atoms with Crippen molar-refractivity contribution in [3.63, 3.8) is 0 Å². The van der Waals surface area contributed by atoms with Crippen LogP contribution in [0.1, 0.15) is 0 Å². The van der Waals surface area contributed by atoms with Gasteiger partial charge in [0, 0.05) is 0 Å². The van der Waals surface area contributed by atoms with Crippen molar-refractivity contribution < 1.29 is 39.5 Å². The highest BCUT2D eigenvalue weighted by Crippen LogP contribution is 2.54. The highest BCUT2D eigenvalue weighted by atomic mass is 35.5. The number of alkyl halides is 10. The van der Waals surface area contributed by atoms with E-state index in [1.807, 2.05) is 0 Å². The number of hydrogen-bond donors (Lipinski definition) is 0. The minimum Gasteiger partial charge on any atom is -0.209 e. The molecule has 0 radical (unpaired) electrons. The Hall–Kier alpha value is -0.340. The summed E-state index contributed by atoms with van der Waals surface area (Å²) in [5.41, 5.74) is 0. The number of rotatable bonds is 1. The van der Waals surface area contributed by atoms with Crippen LogP contribution in [0.3, 0.4) is 0 Å². The Morgan fingerprint density at radius 1 is 0.571 bits per heavy atom. The molecule has 0 heterocycles. The molecule has 0 aliphatic rings. The molecule has 0 rings (SSSR count). The summed E-state index contributed by atoms with van der Waals surface area (Å²) in [7, 11) is 0. The van der Waals surface area contributed by atoms with Gasteiger partial charge >= 0.3 is 23.4 Å².